The first-order valence-electron chi connectivity index (χ1n) is 16.0. The fourth-order valence-corrected chi connectivity index (χ4v) is 5.28. The molecule has 0 N–H and O–H groups in total. The average Bonchev–Trinajstić information content (AvgIpc) is 3.06. The van der Waals surface area contributed by atoms with Crippen LogP contribution in [0.2, 0.25) is 0 Å². The van der Waals surface area contributed by atoms with E-state index in [1.54, 1.807) is 24.5 Å². The number of ether oxygens (including phenoxy) is 2. The zero-order valence-electron chi connectivity index (χ0n) is 28.7. The number of benzene rings is 4. The van der Waals surface area contributed by atoms with Crippen LogP contribution in [0.5, 0.6) is 23.1 Å². The predicted molar refractivity (Wildman–Crippen MR) is 190 cm³/mol. The number of hydrogen-bond donors (Lipinski definition) is 0. The summed E-state index contributed by atoms with van der Waals surface area (Å²) in [6.07, 6.45) is 3.31. The molecule has 0 spiro atoms. The monoisotopic (exact) mass is 759 g/mol. The minimum atomic E-state index is -0.919. The molecule has 6 aromatic rings. The molecule has 4 aromatic carbocycles. The van der Waals surface area contributed by atoms with Crippen molar-refractivity contribution in [3.8, 4) is 34.4 Å². The largest absolute Gasteiger partial charge is 2.00 e. The molecule has 8 heteroatoms. The molecule has 0 fully saturated rings. The first kappa shape index (κ1) is 36.4. The van der Waals surface area contributed by atoms with Crippen LogP contribution in [0.1, 0.15) is 52.7 Å². The van der Waals surface area contributed by atoms with Gasteiger partial charge in [0.2, 0.25) is 5.88 Å². The third-order valence-electron chi connectivity index (χ3n) is 7.95. The van der Waals surface area contributed by atoms with Crippen molar-refractivity contribution in [2.75, 3.05) is 4.90 Å². The van der Waals surface area contributed by atoms with E-state index in [2.05, 4.69) is 63.6 Å². The van der Waals surface area contributed by atoms with Gasteiger partial charge >= 0.3 is 20.4 Å². The predicted octanol–water partition coefficient (Wildman–Crippen LogP) is 11.7. The molecule has 0 aliphatic heterocycles. The van der Waals surface area contributed by atoms with Crippen molar-refractivity contribution in [3.63, 3.8) is 0 Å². The van der Waals surface area contributed by atoms with Crippen LogP contribution < -0.4 is 14.4 Å². The van der Waals surface area contributed by atoms with E-state index in [0.29, 0.717) is 17.3 Å². The Morgan fingerprint density at radius 1 is 0.580 bits per heavy atom. The molecule has 2 heterocycles. The van der Waals surface area contributed by atoms with Gasteiger partial charge in [0, 0.05) is 47.2 Å². The number of rotatable bonds is 8. The Kier molecular flexibility index (Phi) is 10.9. The Labute approximate surface area is 306 Å². The van der Waals surface area contributed by atoms with Gasteiger partial charge in [-0.3, -0.25) is 8.78 Å². The third-order valence-corrected chi connectivity index (χ3v) is 7.95. The second-order valence-electron chi connectivity index (χ2n) is 13.8. The van der Waals surface area contributed by atoms with Gasteiger partial charge in [-0.1, -0.05) is 113 Å². The zero-order chi connectivity index (χ0) is 34.8. The number of aromatic nitrogens is 2. The van der Waals surface area contributed by atoms with Gasteiger partial charge in [0.15, 0.2) is 0 Å². The fraction of sp³-hybridized carbons (Fsp3) is 0.190. The second-order valence-corrected chi connectivity index (χ2v) is 13.8. The SMILES string of the molecule is CC(C)(C)c1ccnc(Oc2[c-]c(Oc3[c-]c(-c4cc(C(C)(C)C)ccn4)c(F)cc3F)cc(N(c3ccccc3)c3ccccc3)c2)c1.[Pd+2]. The van der Waals surface area contributed by atoms with E-state index in [1.807, 2.05) is 89.8 Å². The molecule has 6 rings (SSSR count). The molecule has 50 heavy (non-hydrogen) atoms. The van der Waals surface area contributed by atoms with Crippen molar-refractivity contribution in [3.05, 3.63) is 150 Å². The van der Waals surface area contributed by atoms with Gasteiger partial charge in [-0.25, -0.2) is 4.98 Å². The van der Waals surface area contributed by atoms with Crippen LogP contribution in [0.4, 0.5) is 25.8 Å². The molecule has 256 valence electrons. The maximum atomic E-state index is 15.4. The molecular formula is C42H37F2N3O2Pd. The molecule has 0 aliphatic carbocycles. The first-order chi connectivity index (χ1) is 23.3. The Morgan fingerprint density at radius 3 is 1.70 bits per heavy atom. The fourth-order valence-electron chi connectivity index (χ4n) is 5.28. The van der Waals surface area contributed by atoms with Gasteiger partial charge in [0.1, 0.15) is 0 Å². The minimum absolute atomic E-state index is 0. The molecule has 0 bridgehead atoms. The first-order valence-corrected chi connectivity index (χ1v) is 16.0. The van der Waals surface area contributed by atoms with Crippen molar-refractivity contribution >= 4 is 17.1 Å². The van der Waals surface area contributed by atoms with E-state index < -0.39 is 11.6 Å². The molecule has 0 radical (unpaired) electrons. The van der Waals surface area contributed by atoms with Gasteiger partial charge in [-0.05, 0) is 64.0 Å². The molecule has 5 nitrogen and oxygen atoms in total. The minimum Gasteiger partial charge on any atom is -0.500 e. The van der Waals surface area contributed by atoms with Gasteiger partial charge in [0.25, 0.3) is 0 Å². The number of hydrogen-bond acceptors (Lipinski definition) is 5. The molecule has 2 aromatic heterocycles. The van der Waals surface area contributed by atoms with Crippen LogP contribution in [0, 0.1) is 23.8 Å². The summed E-state index contributed by atoms with van der Waals surface area (Å²) in [6, 6.07) is 37.4. The molecule has 0 amide bonds. The van der Waals surface area contributed by atoms with Gasteiger partial charge in [0.05, 0.1) is 11.6 Å². The van der Waals surface area contributed by atoms with Crippen molar-refractivity contribution in [1.82, 2.24) is 9.97 Å². The Hall–Kier alpha value is -4.90. The quantitative estimate of drug-likeness (QED) is 0.114. The smallest absolute Gasteiger partial charge is 0.500 e. The molecule has 0 saturated heterocycles. The molecular weight excluding hydrogens is 723 g/mol. The van der Waals surface area contributed by atoms with E-state index in [9.17, 15) is 0 Å². The van der Waals surface area contributed by atoms with E-state index >= 15 is 8.78 Å². The van der Waals surface area contributed by atoms with Crippen LogP contribution in [0.3, 0.4) is 0 Å². The van der Waals surface area contributed by atoms with Gasteiger partial charge in [-0.15, -0.1) is 12.1 Å². The van der Waals surface area contributed by atoms with Crippen LogP contribution in [0.25, 0.3) is 11.3 Å². The number of anilines is 3. The second kappa shape index (κ2) is 14.9. The van der Waals surface area contributed by atoms with Crippen molar-refractivity contribution in [2.24, 2.45) is 0 Å². The Morgan fingerprint density at radius 2 is 1.12 bits per heavy atom. The summed E-state index contributed by atoms with van der Waals surface area (Å²) in [5.41, 5.74) is 4.36. The number of pyridine rings is 2. The molecule has 0 aliphatic rings. The van der Waals surface area contributed by atoms with Gasteiger partial charge in [-0.2, -0.15) is 0 Å². The van der Waals surface area contributed by atoms with Crippen molar-refractivity contribution in [2.45, 2.75) is 52.4 Å². The summed E-state index contributed by atoms with van der Waals surface area (Å²) in [5, 5.41) is 0. The van der Waals surface area contributed by atoms with Crippen LogP contribution in [-0.2, 0) is 31.3 Å². The van der Waals surface area contributed by atoms with Crippen LogP contribution in [-0.4, -0.2) is 9.97 Å². The number of para-hydroxylation sites is 2. The van der Waals surface area contributed by atoms with Crippen LogP contribution >= 0.6 is 0 Å². The van der Waals surface area contributed by atoms with E-state index in [0.717, 1.165) is 28.6 Å². The van der Waals surface area contributed by atoms with E-state index in [4.69, 9.17) is 9.47 Å². The van der Waals surface area contributed by atoms with E-state index in [-0.39, 0.29) is 54.1 Å². The summed E-state index contributed by atoms with van der Waals surface area (Å²) >= 11 is 0. The third kappa shape index (κ3) is 8.45. The van der Waals surface area contributed by atoms with Gasteiger partial charge < -0.3 is 19.4 Å². The molecule has 0 saturated carbocycles. The Bertz CT molecular complexity index is 2040. The van der Waals surface area contributed by atoms with E-state index in [1.165, 1.54) is 0 Å². The average molecular weight is 760 g/mol. The zero-order valence-corrected chi connectivity index (χ0v) is 30.3. The van der Waals surface area contributed by atoms with Crippen molar-refractivity contribution < 1.29 is 38.7 Å². The summed E-state index contributed by atoms with van der Waals surface area (Å²) in [4.78, 5) is 10.8. The topological polar surface area (TPSA) is 47.5 Å². The maximum Gasteiger partial charge on any atom is 2.00 e. The summed E-state index contributed by atoms with van der Waals surface area (Å²) in [6.45, 7) is 12.5. The van der Waals surface area contributed by atoms with Crippen molar-refractivity contribution in [1.29, 1.82) is 0 Å². The summed E-state index contributed by atoms with van der Waals surface area (Å²) in [5.74, 6) is -1.25. The maximum absolute atomic E-state index is 15.4. The summed E-state index contributed by atoms with van der Waals surface area (Å²) < 4.78 is 43.1. The number of nitrogens with zero attached hydrogens (tertiary/aromatic N) is 3. The van der Waals surface area contributed by atoms with Crippen LogP contribution in [0.15, 0.2) is 116 Å². The Balaban J connectivity index is 0.00000486. The normalized spacial score (nSPS) is 11.4. The molecule has 0 atom stereocenters. The standard InChI is InChI=1S/C42H37F2N3O2.Pd/c1-41(2,3)28-17-19-45-38(21-28)35-26-39(37(44)27-36(35)43)48-33-23-32(47(30-13-9-7-10-14-30)31-15-11-8-12-16-31)24-34(25-33)49-40-22-29(18-20-46-40)42(4,5)6;/h7-24,27H,1-6H3;/q-2;+2. The molecule has 0 unspecified atom stereocenters. The summed E-state index contributed by atoms with van der Waals surface area (Å²) in [7, 11) is 0. The number of halogens is 2.